The second-order valence-electron chi connectivity index (χ2n) is 9.88. The molecule has 0 radical (unpaired) electrons. The summed E-state index contributed by atoms with van der Waals surface area (Å²) in [6.45, 7) is 6.37. The molecule has 1 aliphatic rings. The quantitative estimate of drug-likeness (QED) is 0.226. The molecule has 4 heterocycles. The van der Waals surface area contributed by atoms with Crippen molar-refractivity contribution in [1.82, 2.24) is 34.6 Å². The molecule has 0 aliphatic carbocycles. The molecular formula is C26H29F3N10O2S. The Labute approximate surface area is 243 Å². The lowest BCUT2D eigenvalue weighted by Gasteiger charge is -2.32. The number of hydrogen-bond donors (Lipinski definition) is 4. The SMILES string of the molecule is Cc1cc(Nc2nc(Sc3ccc(NC(=O)C(F)(F)F)cc3)nn3cc(NC(=O)CCN4CCN(C)CC4)cc23)n[nH]1. The summed E-state index contributed by atoms with van der Waals surface area (Å²) in [7, 11) is 2.09. The molecule has 1 aromatic carbocycles. The van der Waals surface area contributed by atoms with Crippen molar-refractivity contribution in [3.63, 3.8) is 0 Å². The summed E-state index contributed by atoms with van der Waals surface area (Å²) in [5.41, 5.74) is 2.01. The molecule has 16 heteroatoms. The molecule has 1 aliphatic heterocycles. The van der Waals surface area contributed by atoms with Gasteiger partial charge in [0.15, 0.2) is 11.6 Å². The predicted molar refractivity (Wildman–Crippen MR) is 152 cm³/mol. The van der Waals surface area contributed by atoms with Crippen LogP contribution in [0.1, 0.15) is 12.1 Å². The molecule has 0 atom stereocenters. The summed E-state index contributed by atoms with van der Waals surface area (Å²) in [6, 6.07) is 9.40. The van der Waals surface area contributed by atoms with Crippen LogP contribution in [0.3, 0.4) is 0 Å². The Morgan fingerprint density at radius 3 is 2.45 bits per heavy atom. The standard InChI is InChI=1S/C26H29F3N10O2S/c1-16-13-21(35-34-16)32-23-20-14-18(30-22(40)7-8-38-11-9-37(2)10-12-38)15-39(20)36-25(33-23)42-19-5-3-17(4-6-19)31-24(41)26(27,28)29/h3-6,13-15H,7-12H2,1-2H3,(H,30,40)(H,31,41)(H2,32,33,34,35,36). The highest BCUT2D eigenvalue weighted by atomic mass is 32.2. The van der Waals surface area contributed by atoms with E-state index < -0.39 is 12.1 Å². The van der Waals surface area contributed by atoms with Crippen LogP contribution in [0.4, 0.5) is 36.2 Å². The Morgan fingerprint density at radius 1 is 1.05 bits per heavy atom. The number of benzene rings is 1. The van der Waals surface area contributed by atoms with Gasteiger partial charge in [0.25, 0.3) is 0 Å². The van der Waals surface area contributed by atoms with Crippen LogP contribution in [0.25, 0.3) is 5.52 Å². The minimum Gasteiger partial charge on any atom is -0.325 e. The number of likely N-dealkylation sites (N-methyl/N-ethyl adjacent to an activating group) is 1. The van der Waals surface area contributed by atoms with Crippen LogP contribution in [0.5, 0.6) is 0 Å². The predicted octanol–water partition coefficient (Wildman–Crippen LogP) is 3.73. The third-order valence-corrected chi connectivity index (χ3v) is 7.37. The number of aryl methyl sites for hydroxylation is 1. The number of aromatic amines is 1. The molecule has 0 spiro atoms. The average molecular weight is 603 g/mol. The topological polar surface area (TPSA) is 136 Å². The van der Waals surface area contributed by atoms with Crippen LogP contribution in [-0.4, -0.2) is 92.4 Å². The Morgan fingerprint density at radius 2 is 1.79 bits per heavy atom. The van der Waals surface area contributed by atoms with Crippen molar-refractivity contribution in [2.45, 2.75) is 29.6 Å². The third kappa shape index (κ3) is 7.57. The van der Waals surface area contributed by atoms with Gasteiger partial charge in [-0.15, -0.1) is 5.10 Å². The van der Waals surface area contributed by atoms with Crippen LogP contribution < -0.4 is 16.0 Å². The smallest absolute Gasteiger partial charge is 0.325 e. The second kappa shape index (κ2) is 12.4. The molecule has 4 N–H and O–H groups in total. The van der Waals surface area contributed by atoms with Crippen molar-refractivity contribution in [3.05, 3.63) is 48.3 Å². The van der Waals surface area contributed by atoms with E-state index in [1.54, 1.807) is 28.9 Å². The first-order valence-corrected chi connectivity index (χ1v) is 13.9. The highest BCUT2D eigenvalue weighted by molar-refractivity contribution is 7.99. The molecule has 4 aromatic rings. The lowest BCUT2D eigenvalue weighted by Crippen LogP contribution is -2.45. The number of fused-ring (bicyclic) bond motifs is 1. The van der Waals surface area contributed by atoms with Gasteiger partial charge in [0.2, 0.25) is 11.1 Å². The summed E-state index contributed by atoms with van der Waals surface area (Å²) in [5.74, 6) is -1.18. The fraction of sp³-hybridized carbons (Fsp3) is 0.346. The first-order chi connectivity index (χ1) is 20.0. The van der Waals surface area contributed by atoms with Gasteiger partial charge >= 0.3 is 12.1 Å². The van der Waals surface area contributed by atoms with E-state index in [0.717, 1.165) is 31.9 Å². The van der Waals surface area contributed by atoms with Crippen molar-refractivity contribution >= 4 is 52.1 Å². The molecule has 0 saturated carbocycles. The Hall–Kier alpha value is -4.15. The van der Waals surface area contributed by atoms with Gasteiger partial charge < -0.3 is 25.8 Å². The number of alkyl halides is 3. The van der Waals surface area contributed by atoms with E-state index in [1.165, 1.54) is 23.9 Å². The molecule has 0 bridgehead atoms. The van der Waals surface area contributed by atoms with Crippen molar-refractivity contribution in [3.8, 4) is 0 Å². The minimum atomic E-state index is -4.98. The molecule has 222 valence electrons. The summed E-state index contributed by atoms with van der Waals surface area (Å²) in [5, 5.41) is 19.9. The normalized spacial score (nSPS) is 14.7. The fourth-order valence-corrected chi connectivity index (χ4v) is 5.00. The second-order valence-corrected chi connectivity index (χ2v) is 10.9. The van der Waals surface area contributed by atoms with Crippen molar-refractivity contribution in [2.75, 3.05) is 55.7 Å². The van der Waals surface area contributed by atoms with Gasteiger partial charge in [-0.25, -0.2) is 9.50 Å². The first kappa shape index (κ1) is 29.3. The van der Waals surface area contributed by atoms with Gasteiger partial charge in [-0.2, -0.15) is 18.3 Å². The summed E-state index contributed by atoms with van der Waals surface area (Å²) in [6.07, 6.45) is -2.93. The molecule has 1 saturated heterocycles. The van der Waals surface area contributed by atoms with Crippen LogP contribution in [0.15, 0.2) is 52.6 Å². The van der Waals surface area contributed by atoms with Gasteiger partial charge in [0.1, 0.15) is 5.52 Å². The van der Waals surface area contributed by atoms with Crippen LogP contribution in [0, 0.1) is 6.92 Å². The molecule has 1 fully saturated rings. The Bertz CT molecular complexity index is 1560. The number of amides is 2. The summed E-state index contributed by atoms with van der Waals surface area (Å²) < 4.78 is 39.2. The lowest BCUT2D eigenvalue weighted by molar-refractivity contribution is -0.167. The number of hydrogen-bond acceptors (Lipinski definition) is 9. The van der Waals surface area contributed by atoms with Crippen molar-refractivity contribution in [2.24, 2.45) is 0 Å². The molecular weight excluding hydrogens is 573 g/mol. The number of carbonyl (C=O) groups is 2. The number of rotatable bonds is 9. The zero-order valence-corrected chi connectivity index (χ0v) is 23.6. The van der Waals surface area contributed by atoms with Gasteiger partial charge in [-0.1, -0.05) is 0 Å². The number of halogens is 3. The number of aromatic nitrogens is 5. The van der Waals surface area contributed by atoms with Gasteiger partial charge in [-0.3, -0.25) is 14.7 Å². The number of anilines is 4. The highest BCUT2D eigenvalue weighted by Gasteiger charge is 2.38. The summed E-state index contributed by atoms with van der Waals surface area (Å²) in [4.78, 5) is 33.7. The number of nitrogens with zero attached hydrogens (tertiary/aromatic N) is 6. The largest absolute Gasteiger partial charge is 0.471 e. The van der Waals surface area contributed by atoms with E-state index in [9.17, 15) is 22.8 Å². The number of piperazine rings is 1. The molecule has 42 heavy (non-hydrogen) atoms. The van der Waals surface area contributed by atoms with Crippen LogP contribution in [-0.2, 0) is 9.59 Å². The van der Waals surface area contributed by atoms with Gasteiger partial charge in [-0.05, 0) is 56.1 Å². The number of carbonyl (C=O) groups excluding carboxylic acids is 2. The zero-order valence-electron chi connectivity index (χ0n) is 22.8. The Kier molecular flexibility index (Phi) is 8.65. The summed E-state index contributed by atoms with van der Waals surface area (Å²) >= 11 is 1.17. The maximum Gasteiger partial charge on any atom is 0.471 e. The lowest BCUT2D eigenvalue weighted by atomic mass is 10.3. The fourth-order valence-electron chi connectivity index (χ4n) is 4.25. The van der Waals surface area contributed by atoms with Gasteiger partial charge in [0, 0.05) is 61.5 Å². The average Bonchev–Trinajstić information content (AvgIpc) is 3.54. The van der Waals surface area contributed by atoms with E-state index in [2.05, 4.69) is 47.8 Å². The molecule has 0 unspecified atom stereocenters. The van der Waals surface area contributed by atoms with Crippen molar-refractivity contribution in [1.29, 1.82) is 0 Å². The van der Waals surface area contributed by atoms with Crippen molar-refractivity contribution < 1.29 is 22.8 Å². The van der Waals surface area contributed by atoms with Crippen LogP contribution >= 0.6 is 11.8 Å². The first-order valence-electron chi connectivity index (χ1n) is 13.1. The molecule has 3 aromatic heterocycles. The highest BCUT2D eigenvalue weighted by Crippen LogP contribution is 2.30. The van der Waals surface area contributed by atoms with E-state index >= 15 is 0 Å². The minimum absolute atomic E-state index is 0.00715. The monoisotopic (exact) mass is 602 g/mol. The maximum atomic E-state index is 12.7. The van der Waals surface area contributed by atoms with E-state index in [4.69, 9.17) is 0 Å². The maximum absolute atomic E-state index is 12.7. The number of H-pyrrole nitrogens is 1. The number of nitrogens with one attached hydrogen (secondary N) is 4. The molecule has 12 nitrogen and oxygen atoms in total. The van der Waals surface area contributed by atoms with E-state index in [-0.39, 0.29) is 11.6 Å². The van der Waals surface area contributed by atoms with E-state index in [1.807, 2.05) is 18.3 Å². The molecule has 5 rings (SSSR count). The van der Waals surface area contributed by atoms with Crippen LogP contribution in [0.2, 0.25) is 0 Å². The van der Waals surface area contributed by atoms with Gasteiger partial charge in [0.05, 0.1) is 11.9 Å². The Balaban J connectivity index is 1.32. The third-order valence-electron chi connectivity index (χ3n) is 6.51. The zero-order chi connectivity index (χ0) is 29.9. The van der Waals surface area contributed by atoms with E-state index in [0.29, 0.717) is 45.9 Å². The molecule has 2 amide bonds.